The van der Waals surface area contributed by atoms with E-state index in [4.69, 9.17) is 4.74 Å². The first-order valence-corrected chi connectivity index (χ1v) is 9.72. The number of guanidine groups is 1. The number of nitrogens with one attached hydrogen (secondary N) is 1. The maximum atomic E-state index is 5.35. The molecule has 0 spiro atoms. The summed E-state index contributed by atoms with van der Waals surface area (Å²) in [7, 11) is 5.83. The van der Waals surface area contributed by atoms with Gasteiger partial charge in [-0.25, -0.2) is 0 Å². The van der Waals surface area contributed by atoms with E-state index in [2.05, 4.69) is 50.3 Å². The van der Waals surface area contributed by atoms with Crippen LogP contribution in [0.2, 0.25) is 0 Å². The molecule has 0 aromatic heterocycles. The minimum absolute atomic E-state index is 0.726. The molecule has 1 aromatic carbocycles. The van der Waals surface area contributed by atoms with E-state index in [9.17, 15) is 0 Å². The largest absolute Gasteiger partial charge is 0.497 e. The SMILES string of the molecule is CN=C(NCC1CCCN(C)C1)N1CCN(c2cccc(OC)c2)CC1. The van der Waals surface area contributed by atoms with Crippen LogP contribution in [0.25, 0.3) is 0 Å². The zero-order chi connectivity index (χ0) is 18.4. The molecule has 1 N–H and O–H groups in total. The van der Waals surface area contributed by atoms with Crippen molar-refractivity contribution in [2.24, 2.45) is 10.9 Å². The van der Waals surface area contributed by atoms with Gasteiger partial charge in [0.25, 0.3) is 0 Å². The van der Waals surface area contributed by atoms with Crippen LogP contribution in [-0.4, -0.2) is 82.8 Å². The summed E-state index contributed by atoms with van der Waals surface area (Å²) in [5, 5.41) is 3.61. The van der Waals surface area contributed by atoms with Crippen LogP contribution in [0.15, 0.2) is 29.3 Å². The van der Waals surface area contributed by atoms with Gasteiger partial charge in [-0.1, -0.05) is 6.07 Å². The molecule has 0 saturated carbocycles. The first-order chi connectivity index (χ1) is 12.7. The quantitative estimate of drug-likeness (QED) is 0.655. The normalized spacial score (nSPS) is 22.4. The molecule has 144 valence electrons. The number of rotatable bonds is 4. The Morgan fingerprint density at radius 1 is 1.23 bits per heavy atom. The standard InChI is InChI=1S/C20H33N5O/c1-21-20(22-15-17-6-5-9-23(2)16-17)25-12-10-24(11-13-25)18-7-4-8-19(14-18)26-3/h4,7-8,14,17H,5-6,9-13,15-16H2,1-3H3,(H,21,22). The number of likely N-dealkylation sites (tertiary alicyclic amines) is 1. The molecule has 0 radical (unpaired) electrons. The minimum Gasteiger partial charge on any atom is -0.497 e. The molecule has 1 aromatic rings. The molecule has 0 amide bonds. The van der Waals surface area contributed by atoms with Crippen LogP contribution in [0, 0.1) is 5.92 Å². The average Bonchev–Trinajstić information content (AvgIpc) is 2.69. The maximum absolute atomic E-state index is 5.35. The highest BCUT2D eigenvalue weighted by atomic mass is 16.5. The fourth-order valence-corrected chi connectivity index (χ4v) is 3.99. The van der Waals surface area contributed by atoms with Crippen LogP contribution in [0.5, 0.6) is 5.75 Å². The van der Waals surface area contributed by atoms with Gasteiger partial charge in [-0.3, -0.25) is 4.99 Å². The van der Waals surface area contributed by atoms with Gasteiger partial charge in [0.2, 0.25) is 0 Å². The van der Waals surface area contributed by atoms with E-state index in [1.165, 1.54) is 31.6 Å². The summed E-state index contributed by atoms with van der Waals surface area (Å²) >= 11 is 0. The number of methoxy groups -OCH3 is 1. The van der Waals surface area contributed by atoms with Crippen LogP contribution in [-0.2, 0) is 0 Å². The van der Waals surface area contributed by atoms with Gasteiger partial charge in [0, 0.05) is 58.1 Å². The second kappa shape index (κ2) is 9.12. The number of piperazine rings is 1. The summed E-state index contributed by atoms with van der Waals surface area (Å²) in [4.78, 5) is 11.8. The highest BCUT2D eigenvalue weighted by molar-refractivity contribution is 5.80. The van der Waals surface area contributed by atoms with Gasteiger partial charge in [0.15, 0.2) is 5.96 Å². The van der Waals surface area contributed by atoms with E-state index in [-0.39, 0.29) is 0 Å². The molecule has 6 heteroatoms. The Labute approximate surface area is 157 Å². The summed E-state index contributed by atoms with van der Waals surface area (Å²) in [5.41, 5.74) is 1.23. The lowest BCUT2D eigenvalue weighted by Crippen LogP contribution is -2.53. The fourth-order valence-electron chi connectivity index (χ4n) is 3.99. The van der Waals surface area contributed by atoms with Crippen molar-refractivity contribution in [3.8, 4) is 5.75 Å². The van der Waals surface area contributed by atoms with Crippen LogP contribution in [0.3, 0.4) is 0 Å². The fraction of sp³-hybridized carbons (Fsp3) is 0.650. The molecule has 1 atom stereocenters. The van der Waals surface area contributed by atoms with E-state index < -0.39 is 0 Å². The van der Waals surface area contributed by atoms with Crippen LogP contribution >= 0.6 is 0 Å². The summed E-state index contributed by atoms with van der Waals surface area (Å²) < 4.78 is 5.35. The van der Waals surface area contributed by atoms with Gasteiger partial charge in [-0.15, -0.1) is 0 Å². The van der Waals surface area contributed by atoms with Gasteiger partial charge in [-0.2, -0.15) is 0 Å². The highest BCUT2D eigenvalue weighted by Crippen LogP contribution is 2.22. The first kappa shape index (κ1) is 18.8. The lowest BCUT2D eigenvalue weighted by atomic mass is 9.98. The number of anilines is 1. The smallest absolute Gasteiger partial charge is 0.193 e. The summed E-state index contributed by atoms with van der Waals surface area (Å²) in [6, 6.07) is 8.32. The van der Waals surface area contributed by atoms with Crippen molar-refractivity contribution in [1.82, 2.24) is 15.1 Å². The summed E-state index contributed by atoms with van der Waals surface area (Å²) in [5.74, 6) is 2.69. The molecule has 2 aliphatic heterocycles. The predicted octanol–water partition coefficient (Wildman–Crippen LogP) is 1.73. The van der Waals surface area contributed by atoms with Crippen LogP contribution in [0.4, 0.5) is 5.69 Å². The topological polar surface area (TPSA) is 43.3 Å². The summed E-state index contributed by atoms with van der Waals surface area (Å²) in [6.07, 6.45) is 2.62. The number of hydrogen-bond acceptors (Lipinski definition) is 4. The van der Waals surface area contributed by atoms with Crippen molar-refractivity contribution >= 4 is 11.6 Å². The predicted molar refractivity (Wildman–Crippen MR) is 108 cm³/mol. The van der Waals surface area contributed by atoms with Crippen LogP contribution < -0.4 is 15.0 Å². The van der Waals surface area contributed by atoms with Gasteiger partial charge in [0.1, 0.15) is 5.75 Å². The maximum Gasteiger partial charge on any atom is 0.193 e. The molecule has 2 heterocycles. The Bertz CT molecular complexity index is 598. The Morgan fingerprint density at radius 3 is 2.73 bits per heavy atom. The van der Waals surface area contributed by atoms with Crippen molar-refractivity contribution in [3.05, 3.63) is 24.3 Å². The lowest BCUT2D eigenvalue weighted by molar-refractivity contribution is 0.209. The van der Waals surface area contributed by atoms with E-state index in [1.54, 1.807) is 7.11 Å². The third-order valence-corrected chi connectivity index (χ3v) is 5.48. The van der Waals surface area contributed by atoms with E-state index in [0.717, 1.165) is 50.4 Å². The van der Waals surface area contributed by atoms with Crippen molar-refractivity contribution < 1.29 is 4.74 Å². The highest BCUT2D eigenvalue weighted by Gasteiger charge is 2.22. The molecule has 2 fully saturated rings. The van der Waals surface area contributed by atoms with Crippen molar-refractivity contribution in [1.29, 1.82) is 0 Å². The number of aliphatic imine (C=N–C) groups is 1. The second-order valence-corrected chi connectivity index (χ2v) is 7.37. The second-order valence-electron chi connectivity index (χ2n) is 7.37. The minimum atomic E-state index is 0.726. The van der Waals surface area contributed by atoms with Gasteiger partial charge < -0.3 is 24.8 Å². The van der Waals surface area contributed by atoms with Crippen molar-refractivity contribution in [3.63, 3.8) is 0 Å². The first-order valence-electron chi connectivity index (χ1n) is 9.72. The molecule has 3 rings (SSSR count). The Hall–Kier alpha value is -1.95. The van der Waals surface area contributed by atoms with Crippen molar-refractivity contribution in [2.75, 3.05) is 71.9 Å². The Kier molecular flexibility index (Phi) is 6.61. The monoisotopic (exact) mass is 359 g/mol. The number of hydrogen-bond donors (Lipinski definition) is 1. The molecule has 6 nitrogen and oxygen atoms in total. The number of ether oxygens (including phenoxy) is 1. The molecule has 1 unspecified atom stereocenters. The van der Waals surface area contributed by atoms with Gasteiger partial charge >= 0.3 is 0 Å². The molecule has 2 saturated heterocycles. The van der Waals surface area contributed by atoms with E-state index in [0.29, 0.717) is 0 Å². The number of benzene rings is 1. The zero-order valence-electron chi connectivity index (χ0n) is 16.4. The molecule has 0 bridgehead atoms. The third kappa shape index (κ3) is 4.81. The Balaban J connectivity index is 1.49. The molecular formula is C20H33N5O. The molecular weight excluding hydrogens is 326 g/mol. The Morgan fingerprint density at radius 2 is 2.04 bits per heavy atom. The number of piperidine rings is 1. The molecule has 26 heavy (non-hydrogen) atoms. The molecule has 0 aliphatic carbocycles. The van der Waals surface area contributed by atoms with E-state index in [1.807, 2.05) is 13.1 Å². The lowest BCUT2D eigenvalue weighted by Gasteiger charge is -2.38. The zero-order valence-corrected chi connectivity index (χ0v) is 16.4. The van der Waals surface area contributed by atoms with Crippen LogP contribution in [0.1, 0.15) is 12.8 Å². The number of nitrogens with zero attached hydrogens (tertiary/aromatic N) is 4. The third-order valence-electron chi connectivity index (χ3n) is 5.48. The summed E-state index contributed by atoms with van der Waals surface area (Å²) in [6.45, 7) is 7.42. The van der Waals surface area contributed by atoms with Gasteiger partial charge in [0.05, 0.1) is 7.11 Å². The molecule has 2 aliphatic rings. The van der Waals surface area contributed by atoms with Crippen molar-refractivity contribution in [2.45, 2.75) is 12.8 Å². The van der Waals surface area contributed by atoms with E-state index >= 15 is 0 Å². The average molecular weight is 360 g/mol. The van der Waals surface area contributed by atoms with Gasteiger partial charge in [-0.05, 0) is 44.5 Å².